The molecule has 13 heavy (non-hydrogen) atoms. The number of hydrogen-bond donors (Lipinski definition) is 0. The fourth-order valence-electron chi connectivity index (χ4n) is 1.02. The molecular weight excluding hydrogens is 160 g/mol. The molecule has 0 aliphatic rings. The zero-order valence-electron chi connectivity index (χ0n) is 8.58. The molecule has 1 radical (unpaired) electrons. The van der Waals surface area contributed by atoms with E-state index in [0.29, 0.717) is 5.92 Å². The third-order valence-corrected chi connectivity index (χ3v) is 1.80. The van der Waals surface area contributed by atoms with Crippen molar-refractivity contribution in [3.05, 3.63) is 36.2 Å². The molecule has 0 bridgehead atoms. The highest BCUT2D eigenvalue weighted by Crippen LogP contribution is 2.13. The predicted octanol–water partition coefficient (Wildman–Crippen LogP) is 3.29. The lowest BCUT2D eigenvalue weighted by atomic mass is 10.2. The highest BCUT2D eigenvalue weighted by atomic mass is 16.5. The summed E-state index contributed by atoms with van der Waals surface area (Å²) in [5.41, 5.74) is 1.23. The lowest BCUT2D eigenvalue weighted by Gasteiger charge is -2.08. The molecule has 1 nitrogen and oxygen atoms in total. The fraction of sp³-hybridized carbons (Fsp3) is 0.417. The molecule has 1 aromatic rings. The van der Waals surface area contributed by atoms with E-state index in [-0.39, 0.29) is 0 Å². The molecule has 0 fully saturated rings. The predicted molar refractivity (Wildman–Crippen MR) is 55.9 cm³/mol. The van der Waals surface area contributed by atoms with Crippen molar-refractivity contribution in [1.29, 1.82) is 0 Å². The van der Waals surface area contributed by atoms with Gasteiger partial charge in [0.1, 0.15) is 5.75 Å². The van der Waals surface area contributed by atoms with Gasteiger partial charge in [-0.05, 0) is 30.0 Å². The molecule has 0 atom stereocenters. The molecule has 0 heterocycles. The van der Waals surface area contributed by atoms with Crippen LogP contribution in [0.25, 0.3) is 0 Å². The van der Waals surface area contributed by atoms with Gasteiger partial charge in [0.05, 0.1) is 6.61 Å². The van der Waals surface area contributed by atoms with Crippen LogP contribution < -0.4 is 4.74 Å². The lowest BCUT2D eigenvalue weighted by molar-refractivity contribution is 0.271. The van der Waals surface area contributed by atoms with Crippen LogP contribution in [0.3, 0.4) is 0 Å². The highest BCUT2D eigenvalue weighted by Gasteiger charge is 1.96. The Labute approximate surface area is 80.7 Å². The molecule has 0 aliphatic heterocycles. The van der Waals surface area contributed by atoms with Gasteiger partial charge in [-0.1, -0.05) is 32.9 Å². The summed E-state index contributed by atoms with van der Waals surface area (Å²) in [6.45, 7) is 7.11. The van der Waals surface area contributed by atoms with Gasteiger partial charge in [-0.2, -0.15) is 0 Å². The van der Waals surface area contributed by atoms with Crippen LogP contribution in [-0.2, 0) is 0 Å². The summed E-state index contributed by atoms with van der Waals surface area (Å²) in [7, 11) is 0. The van der Waals surface area contributed by atoms with Crippen molar-refractivity contribution in [2.45, 2.75) is 20.8 Å². The first-order valence-electron chi connectivity index (χ1n) is 4.74. The Bertz CT molecular complexity index is 236. The standard InChI is InChI=1S/C12H17O/c1-4-11-5-7-12(8-6-11)13-9-10(2)3/h4-8,10H,9H2,1-3H3. The Morgan fingerprint density at radius 2 is 1.85 bits per heavy atom. The van der Waals surface area contributed by atoms with Gasteiger partial charge >= 0.3 is 0 Å². The zero-order chi connectivity index (χ0) is 9.68. The molecule has 1 rings (SSSR count). The topological polar surface area (TPSA) is 9.23 Å². The number of rotatable bonds is 4. The summed E-state index contributed by atoms with van der Waals surface area (Å²) in [6.07, 6.45) is 2.08. The van der Waals surface area contributed by atoms with Crippen molar-refractivity contribution in [3.63, 3.8) is 0 Å². The van der Waals surface area contributed by atoms with Gasteiger partial charge in [0, 0.05) is 0 Å². The number of benzene rings is 1. The molecule has 0 amide bonds. The van der Waals surface area contributed by atoms with Gasteiger partial charge in [0.25, 0.3) is 0 Å². The van der Waals surface area contributed by atoms with Crippen LogP contribution in [0.1, 0.15) is 26.3 Å². The minimum atomic E-state index is 0.581. The molecule has 1 heteroatoms. The molecule has 71 valence electrons. The van der Waals surface area contributed by atoms with E-state index in [1.807, 2.05) is 19.1 Å². The van der Waals surface area contributed by atoms with Gasteiger partial charge in [0.2, 0.25) is 0 Å². The second-order valence-corrected chi connectivity index (χ2v) is 3.56. The van der Waals surface area contributed by atoms with Crippen molar-refractivity contribution < 1.29 is 4.74 Å². The second kappa shape index (κ2) is 4.90. The maximum atomic E-state index is 5.55. The second-order valence-electron chi connectivity index (χ2n) is 3.56. The smallest absolute Gasteiger partial charge is 0.119 e. The summed E-state index contributed by atoms with van der Waals surface area (Å²) in [4.78, 5) is 0. The normalized spacial score (nSPS) is 10.5. The minimum Gasteiger partial charge on any atom is -0.493 e. The molecule has 0 saturated heterocycles. The Balaban J connectivity index is 2.49. The molecule has 0 N–H and O–H groups in total. The van der Waals surface area contributed by atoms with E-state index in [9.17, 15) is 0 Å². The minimum absolute atomic E-state index is 0.581. The van der Waals surface area contributed by atoms with Gasteiger partial charge in [0.15, 0.2) is 0 Å². The molecule has 0 aliphatic carbocycles. The molecule has 0 saturated carbocycles. The number of hydrogen-bond acceptors (Lipinski definition) is 1. The van der Waals surface area contributed by atoms with Crippen molar-refractivity contribution in [2.75, 3.05) is 6.61 Å². The van der Waals surface area contributed by atoms with Gasteiger partial charge in [-0.3, -0.25) is 0 Å². The Morgan fingerprint density at radius 1 is 1.23 bits per heavy atom. The quantitative estimate of drug-likeness (QED) is 0.685. The summed E-state index contributed by atoms with van der Waals surface area (Å²) in [6, 6.07) is 8.15. The van der Waals surface area contributed by atoms with E-state index in [4.69, 9.17) is 4.74 Å². The highest BCUT2D eigenvalue weighted by molar-refractivity contribution is 5.30. The third-order valence-electron chi connectivity index (χ3n) is 1.80. The maximum Gasteiger partial charge on any atom is 0.119 e. The fourth-order valence-corrected chi connectivity index (χ4v) is 1.02. The first-order valence-corrected chi connectivity index (χ1v) is 4.74. The van der Waals surface area contributed by atoms with Gasteiger partial charge in [-0.15, -0.1) is 0 Å². The third kappa shape index (κ3) is 3.49. The molecule has 0 aromatic heterocycles. The van der Waals surface area contributed by atoms with E-state index >= 15 is 0 Å². The van der Waals surface area contributed by atoms with Crippen LogP contribution in [0, 0.1) is 12.3 Å². The largest absolute Gasteiger partial charge is 0.493 e. The van der Waals surface area contributed by atoms with Gasteiger partial charge in [-0.25, -0.2) is 0 Å². The van der Waals surface area contributed by atoms with E-state index in [0.717, 1.165) is 12.4 Å². The monoisotopic (exact) mass is 177 g/mol. The van der Waals surface area contributed by atoms with Crippen molar-refractivity contribution in [3.8, 4) is 5.75 Å². The molecule has 0 spiro atoms. The molecular formula is C12H17O. The van der Waals surface area contributed by atoms with E-state index in [2.05, 4.69) is 32.4 Å². The van der Waals surface area contributed by atoms with E-state index < -0.39 is 0 Å². The Morgan fingerprint density at radius 3 is 2.31 bits per heavy atom. The van der Waals surface area contributed by atoms with Crippen LogP contribution in [0.15, 0.2) is 24.3 Å². The summed E-state index contributed by atoms with van der Waals surface area (Å²) < 4.78 is 5.55. The summed E-state index contributed by atoms with van der Waals surface area (Å²) >= 11 is 0. The van der Waals surface area contributed by atoms with Crippen LogP contribution >= 0.6 is 0 Å². The zero-order valence-corrected chi connectivity index (χ0v) is 8.58. The molecule has 0 unspecified atom stereocenters. The first-order chi connectivity index (χ1) is 6.22. The van der Waals surface area contributed by atoms with E-state index in [1.165, 1.54) is 5.56 Å². The lowest BCUT2D eigenvalue weighted by Crippen LogP contribution is -2.04. The SMILES string of the molecule is C[CH]c1ccc(OCC(C)C)cc1. The van der Waals surface area contributed by atoms with Crippen molar-refractivity contribution >= 4 is 0 Å². The first kappa shape index (κ1) is 10.1. The van der Waals surface area contributed by atoms with Crippen LogP contribution in [0.4, 0.5) is 0 Å². The van der Waals surface area contributed by atoms with Crippen molar-refractivity contribution in [1.82, 2.24) is 0 Å². The average Bonchev–Trinajstić information content (AvgIpc) is 2.15. The summed E-state index contributed by atoms with van der Waals surface area (Å²) in [5, 5.41) is 0. The maximum absolute atomic E-state index is 5.55. The molecule has 1 aromatic carbocycles. The average molecular weight is 177 g/mol. The van der Waals surface area contributed by atoms with Gasteiger partial charge < -0.3 is 4.74 Å². The van der Waals surface area contributed by atoms with Crippen molar-refractivity contribution in [2.24, 2.45) is 5.92 Å². The number of ether oxygens (including phenoxy) is 1. The summed E-state index contributed by atoms with van der Waals surface area (Å²) in [5.74, 6) is 1.54. The van der Waals surface area contributed by atoms with Crippen LogP contribution in [-0.4, -0.2) is 6.61 Å². The Kier molecular flexibility index (Phi) is 3.81. The van der Waals surface area contributed by atoms with Crippen LogP contribution in [0.5, 0.6) is 5.75 Å². The van der Waals surface area contributed by atoms with Crippen LogP contribution in [0.2, 0.25) is 0 Å². The Hall–Kier alpha value is -0.980. The van der Waals surface area contributed by atoms with E-state index in [1.54, 1.807) is 0 Å².